The first kappa shape index (κ1) is 44.4. The lowest BCUT2D eigenvalue weighted by Gasteiger charge is -2.20. The van der Waals surface area contributed by atoms with E-state index in [4.69, 9.17) is 23.9 Å². The summed E-state index contributed by atoms with van der Waals surface area (Å²) in [5.41, 5.74) is 6.41. The summed E-state index contributed by atoms with van der Waals surface area (Å²) in [6.45, 7) is 18.8. The number of fused-ring (bicyclic) bond motifs is 3. The van der Waals surface area contributed by atoms with Crippen LogP contribution in [0.4, 0.5) is 10.5 Å². The number of ether oxygens (including phenoxy) is 4. The Morgan fingerprint density at radius 2 is 1.60 bits per heavy atom. The van der Waals surface area contributed by atoms with E-state index in [2.05, 4.69) is 62.9 Å². The molecule has 0 radical (unpaired) electrons. The summed E-state index contributed by atoms with van der Waals surface area (Å²) in [6.07, 6.45) is 3.22. The molecule has 60 heavy (non-hydrogen) atoms. The second-order valence-electron chi connectivity index (χ2n) is 16.6. The van der Waals surface area contributed by atoms with Crippen molar-refractivity contribution in [3.63, 3.8) is 0 Å². The summed E-state index contributed by atoms with van der Waals surface area (Å²) in [7, 11) is 0. The van der Waals surface area contributed by atoms with Crippen LogP contribution in [0.15, 0.2) is 59.0 Å². The molecule has 4 heterocycles. The van der Waals surface area contributed by atoms with Crippen molar-refractivity contribution in [1.82, 2.24) is 19.7 Å². The van der Waals surface area contributed by atoms with Crippen LogP contribution in [0.2, 0.25) is 0 Å². The van der Waals surface area contributed by atoms with Gasteiger partial charge in [-0.25, -0.2) is 9.78 Å². The van der Waals surface area contributed by atoms with Gasteiger partial charge in [-0.1, -0.05) is 30.0 Å². The molecule has 12 nitrogen and oxygen atoms in total. The fourth-order valence-corrected chi connectivity index (χ4v) is 8.48. The van der Waals surface area contributed by atoms with E-state index in [9.17, 15) is 9.59 Å². The first-order valence-corrected chi connectivity index (χ1v) is 21.8. The minimum atomic E-state index is -0.633. The minimum Gasteiger partial charge on any atom is -0.460 e. The Kier molecular flexibility index (Phi) is 14.4. The summed E-state index contributed by atoms with van der Waals surface area (Å²) in [4.78, 5) is 36.0. The van der Waals surface area contributed by atoms with Gasteiger partial charge in [-0.2, -0.15) is 0 Å². The van der Waals surface area contributed by atoms with E-state index < -0.39 is 17.3 Å². The van der Waals surface area contributed by atoms with Gasteiger partial charge in [-0.3, -0.25) is 19.7 Å². The van der Waals surface area contributed by atoms with Crippen LogP contribution in [0.1, 0.15) is 109 Å². The standard InChI is InChI=1S/C46H54N6O6S2/c1-29-30(2)60-43-40(29)41(49-37(28-38-47-19-24-59-38)42-51-50-31(3)52(42)43)35-15-12-32(13-16-35)11-10-20-55-22-23-56-21-18-34-25-33(14-17-39(53)57-45(4,5)6)26-36(27-34)48-44(54)58-46(7,8)9/h12-13,15-16,19,24-27,37H,14,17-18,20-23,28H2,1-9H3,(H,48,54). The number of nitrogens with one attached hydrogen (secondary N) is 1. The second-order valence-corrected chi connectivity index (χ2v) is 18.8. The maximum absolute atomic E-state index is 12.5. The molecule has 0 fully saturated rings. The highest BCUT2D eigenvalue weighted by molar-refractivity contribution is 7.15. The highest BCUT2D eigenvalue weighted by atomic mass is 32.1. The number of thiophene rings is 1. The zero-order chi connectivity index (χ0) is 43.0. The van der Waals surface area contributed by atoms with Crippen LogP contribution in [0, 0.1) is 32.6 Å². The van der Waals surface area contributed by atoms with Gasteiger partial charge in [0.25, 0.3) is 0 Å². The number of esters is 1. The monoisotopic (exact) mass is 850 g/mol. The van der Waals surface area contributed by atoms with Gasteiger partial charge < -0.3 is 18.9 Å². The maximum atomic E-state index is 12.5. The predicted octanol–water partition coefficient (Wildman–Crippen LogP) is 9.09. The molecule has 1 aliphatic heterocycles. The second kappa shape index (κ2) is 19.5. The fourth-order valence-electron chi connectivity index (χ4n) is 6.61. The van der Waals surface area contributed by atoms with E-state index in [1.165, 1.54) is 10.4 Å². The average Bonchev–Trinajstić information content (AvgIpc) is 3.87. The number of hydrogen-bond acceptors (Lipinski definition) is 12. The number of aromatic nitrogens is 4. The molecular weight excluding hydrogens is 797 g/mol. The van der Waals surface area contributed by atoms with Crippen LogP contribution >= 0.6 is 22.7 Å². The Hall–Kier alpha value is -5.20. The zero-order valence-corrected chi connectivity index (χ0v) is 37.6. The summed E-state index contributed by atoms with van der Waals surface area (Å²) < 4.78 is 24.7. The molecule has 1 aliphatic rings. The number of carbonyl (C=O) groups is 2. The lowest BCUT2D eigenvalue weighted by atomic mass is 9.98. The number of nitrogens with zero attached hydrogens (tertiary/aromatic N) is 5. The van der Waals surface area contributed by atoms with Gasteiger partial charge in [-0.15, -0.1) is 32.9 Å². The van der Waals surface area contributed by atoms with Crippen molar-refractivity contribution in [2.75, 3.05) is 31.7 Å². The van der Waals surface area contributed by atoms with Gasteiger partial charge in [-0.05, 0) is 116 Å². The largest absolute Gasteiger partial charge is 0.460 e. The lowest BCUT2D eigenvalue weighted by molar-refractivity contribution is -0.154. The molecule has 0 bridgehead atoms. The maximum Gasteiger partial charge on any atom is 0.412 e. The molecule has 1 unspecified atom stereocenters. The average molecular weight is 851 g/mol. The van der Waals surface area contributed by atoms with Crippen molar-refractivity contribution in [2.24, 2.45) is 4.99 Å². The van der Waals surface area contributed by atoms with Crippen LogP contribution in [0.5, 0.6) is 0 Å². The van der Waals surface area contributed by atoms with Gasteiger partial charge in [0.2, 0.25) is 0 Å². The van der Waals surface area contributed by atoms with Crippen LogP contribution in [0.3, 0.4) is 0 Å². The topological polar surface area (TPSA) is 139 Å². The van der Waals surface area contributed by atoms with Gasteiger partial charge in [0.15, 0.2) is 5.82 Å². The molecule has 316 valence electrons. The molecule has 6 rings (SSSR count). The molecule has 0 saturated carbocycles. The molecule has 0 saturated heterocycles. The molecule has 5 aromatic rings. The molecular formula is C46H54N6O6S2. The fraction of sp³-hybridized carbons (Fsp3) is 0.435. The van der Waals surface area contributed by atoms with Crippen molar-refractivity contribution in [1.29, 1.82) is 0 Å². The number of amides is 1. The Balaban J connectivity index is 1.02. The number of benzene rings is 2. The third-order valence-electron chi connectivity index (χ3n) is 9.30. The van der Waals surface area contributed by atoms with E-state index >= 15 is 0 Å². The van der Waals surface area contributed by atoms with Gasteiger partial charge in [0.05, 0.1) is 30.5 Å². The number of thiazole rings is 1. The number of rotatable bonds is 14. The predicted molar refractivity (Wildman–Crippen MR) is 237 cm³/mol. The highest BCUT2D eigenvalue weighted by Crippen LogP contribution is 2.39. The van der Waals surface area contributed by atoms with E-state index in [-0.39, 0.29) is 25.0 Å². The summed E-state index contributed by atoms with van der Waals surface area (Å²) >= 11 is 3.37. The Bertz CT molecular complexity index is 2370. The molecule has 0 spiro atoms. The Labute approximate surface area is 360 Å². The van der Waals surface area contributed by atoms with Gasteiger partial charge in [0.1, 0.15) is 34.7 Å². The number of anilines is 1. The lowest BCUT2D eigenvalue weighted by Crippen LogP contribution is -2.27. The Morgan fingerprint density at radius 1 is 0.883 bits per heavy atom. The van der Waals surface area contributed by atoms with Crippen molar-refractivity contribution in [3.05, 3.63) is 109 Å². The van der Waals surface area contributed by atoms with Crippen molar-refractivity contribution >= 4 is 46.1 Å². The molecule has 3 aromatic heterocycles. The summed E-state index contributed by atoms with van der Waals surface area (Å²) in [5.74, 6) is 7.73. The number of aliphatic imine (C=N–C) groups is 1. The Morgan fingerprint density at radius 3 is 2.30 bits per heavy atom. The van der Waals surface area contributed by atoms with E-state index in [0.29, 0.717) is 44.8 Å². The minimum absolute atomic E-state index is 0.224. The van der Waals surface area contributed by atoms with Crippen LogP contribution in [0.25, 0.3) is 5.00 Å². The van der Waals surface area contributed by atoms with Crippen LogP contribution < -0.4 is 5.32 Å². The first-order valence-electron chi connectivity index (χ1n) is 20.1. The van der Waals surface area contributed by atoms with Gasteiger partial charge >= 0.3 is 12.1 Å². The third-order valence-corrected chi connectivity index (χ3v) is 11.3. The number of carbonyl (C=O) groups excluding carboxylic acids is 2. The first-order chi connectivity index (χ1) is 28.5. The third kappa shape index (κ3) is 12.2. The van der Waals surface area contributed by atoms with Crippen LogP contribution in [-0.4, -0.2) is 75.2 Å². The zero-order valence-electron chi connectivity index (χ0n) is 35.9. The molecule has 1 amide bonds. The number of hydrogen-bond donors (Lipinski definition) is 1. The quantitative estimate of drug-likeness (QED) is 0.0659. The molecule has 14 heteroatoms. The van der Waals surface area contributed by atoms with Crippen LogP contribution in [-0.2, 0) is 43.0 Å². The van der Waals surface area contributed by atoms with Crippen molar-refractivity contribution in [3.8, 4) is 16.8 Å². The highest BCUT2D eigenvalue weighted by Gasteiger charge is 2.32. The van der Waals surface area contributed by atoms with Crippen molar-refractivity contribution < 1.29 is 28.5 Å². The summed E-state index contributed by atoms with van der Waals surface area (Å²) in [6, 6.07) is 13.7. The SMILES string of the molecule is Cc1sc2c(c1C)C(c1ccc(C#CCOCCOCCc3cc(CCC(=O)OC(C)(C)C)cc(NC(=O)OC(C)(C)C)c3)cc1)=NC(Cc1nccs1)c1nnc(C)n1-2. The molecule has 2 aromatic carbocycles. The van der Waals surface area contributed by atoms with E-state index in [0.717, 1.165) is 55.2 Å². The summed E-state index contributed by atoms with van der Waals surface area (Å²) in [5, 5.41) is 16.0. The molecule has 1 N–H and O–H groups in total. The van der Waals surface area contributed by atoms with Crippen molar-refractivity contribution in [2.45, 2.75) is 105 Å². The van der Waals surface area contributed by atoms with E-state index in [1.54, 1.807) is 22.7 Å². The molecule has 0 aliphatic carbocycles. The van der Waals surface area contributed by atoms with E-state index in [1.807, 2.05) is 90.4 Å². The normalized spacial score (nSPS) is 13.7. The van der Waals surface area contributed by atoms with Gasteiger partial charge in [0, 0.05) is 51.7 Å². The molecule has 1 atom stereocenters. The number of aryl methyl sites for hydroxylation is 3. The smallest absolute Gasteiger partial charge is 0.412 e.